The molecule has 1 aromatic carbocycles. The molecular formula is C10H14BrFN2O3S. The van der Waals surface area contributed by atoms with Gasteiger partial charge in [-0.25, -0.2) is 17.5 Å². The number of benzene rings is 1. The summed E-state index contributed by atoms with van der Waals surface area (Å²) in [6.07, 6.45) is 0.390. The number of sulfonamides is 1. The molecule has 0 spiro atoms. The molecule has 0 bridgehead atoms. The Bertz CT molecular complexity index is 532. The number of rotatable bonds is 5. The van der Waals surface area contributed by atoms with Gasteiger partial charge in [0.1, 0.15) is 4.90 Å². The van der Waals surface area contributed by atoms with Gasteiger partial charge >= 0.3 is 0 Å². The van der Waals surface area contributed by atoms with E-state index in [1.807, 2.05) is 0 Å². The van der Waals surface area contributed by atoms with Crippen molar-refractivity contribution in [1.82, 2.24) is 4.72 Å². The minimum Gasteiger partial charge on any atom is -0.399 e. The summed E-state index contributed by atoms with van der Waals surface area (Å²) in [6, 6.07) is 1.65. The fourth-order valence-electron chi connectivity index (χ4n) is 1.31. The molecule has 0 saturated carbocycles. The Morgan fingerprint density at radius 1 is 1.56 bits per heavy atom. The van der Waals surface area contributed by atoms with Gasteiger partial charge < -0.3 is 10.8 Å². The average Bonchev–Trinajstić information content (AvgIpc) is 2.30. The SMILES string of the molecule is CCC(CO)NS(=O)(=O)c1cc(N)cc(Br)c1F. The minimum atomic E-state index is -4.05. The van der Waals surface area contributed by atoms with Crippen LogP contribution in [0.5, 0.6) is 0 Å². The third-order valence-corrected chi connectivity index (χ3v) is 4.44. The molecule has 1 unspecified atom stereocenters. The number of aliphatic hydroxyl groups is 1. The number of hydrogen-bond acceptors (Lipinski definition) is 4. The molecule has 0 aliphatic heterocycles. The molecule has 0 heterocycles. The van der Waals surface area contributed by atoms with Crippen molar-refractivity contribution in [1.29, 1.82) is 0 Å². The van der Waals surface area contributed by atoms with Crippen LogP contribution in [0.15, 0.2) is 21.5 Å². The number of nitrogen functional groups attached to an aromatic ring is 1. The number of anilines is 1. The van der Waals surface area contributed by atoms with Crippen LogP contribution in [-0.2, 0) is 10.0 Å². The maximum Gasteiger partial charge on any atom is 0.243 e. The standard InChI is InChI=1S/C10H14BrFN2O3S/c1-2-7(5-15)14-18(16,17)9-4-6(13)3-8(11)10(9)12/h3-4,7,14-15H,2,5,13H2,1H3. The quantitative estimate of drug-likeness (QED) is 0.702. The van der Waals surface area contributed by atoms with Crippen LogP contribution in [0.25, 0.3) is 0 Å². The van der Waals surface area contributed by atoms with Gasteiger partial charge in [-0.05, 0) is 34.5 Å². The Morgan fingerprint density at radius 2 is 2.17 bits per heavy atom. The average molecular weight is 341 g/mol. The molecule has 4 N–H and O–H groups in total. The van der Waals surface area contributed by atoms with Crippen molar-refractivity contribution in [2.45, 2.75) is 24.3 Å². The van der Waals surface area contributed by atoms with E-state index in [4.69, 9.17) is 10.8 Å². The topological polar surface area (TPSA) is 92.4 Å². The zero-order valence-electron chi connectivity index (χ0n) is 9.65. The Labute approximate surface area is 113 Å². The van der Waals surface area contributed by atoms with Gasteiger partial charge in [-0.3, -0.25) is 0 Å². The lowest BCUT2D eigenvalue weighted by Crippen LogP contribution is -2.37. The normalized spacial score (nSPS) is 13.6. The van der Waals surface area contributed by atoms with Gasteiger partial charge in [-0.1, -0.05) is 6.92 Å². The smallest absolute Gasteiger partial charge is 0.243 e. The number of aliphatic hydroxyl groups excluding tert-OH is 1. The van der Waals surface area contributed by atoms with Crippen LogP contribution < -0.4 is 10.5 Å². The molecule has 0 aliphatic rings. The number of nitrogens with one attached hydrogen (secondary N) is 1. The van der Waals surface area contributed by atoms with Gasteiger partial charge in [0.25, 0.3) is 0 Å². The third-order valence-electron chi connectivity index (χ3n) is 2.34. The highest BCUT2D eigenvalue weighted by Crippen LogP contribution is 2.26. The molecule has 0 radical (unpaired) electrons. The van der Waals surface area contributed by atoms with Crippen LogP contribution in [0.2, 0.25) is 0 Å². The number of hydrogen-bond donors (Lipinski definition) is 3. The molecule has 0 amide bonds. The van der Waals surface area contributed by atoms with Gasteiger partial charge in [-0.2, -0.15) is 0 Å². The van der Waals surface area contributed by atoms with Crippen LogP contribution in [0.3, 0.4) is 0 Å². The lowest BCUT2D eigenvalue weighted by molar-refractivity contribution is 0.253. The summed E-state index contributed by atoms with van der Waals surface area (Å²) in [5.41, 5.74) is 5.61. The summed E-state index contributed by atoms with van der Waals surface area (Å²) in [7, 11) is -4.05. The third kappa shape index (κ3) is 3.41. The Kier molecular flexibility index (Phi) is 5.09. The van der Waals surface area contributed by atoms with E-state index in [0.29, 0.717) is 6.42 Å². The van der Waals surface area contributed by atoms with Crippen molar-refractivity contribution >= 4 is 31.6 Å². The van der Waals surface area contributed by atoms with E-state index in [0.717, 1.165) is 6.07 Å². The summed E-state index contributed by atoms with van der Waals surface area (Å²) >= 11 is 2.89. The highest BCUT2D eigenvalue weighted by Gasteiger charge is 2.24. The second-order valence-electron chi connectivity index (χ2n) is 3.72. The maximum atomic E-state index is 13.8. The first-order chi connectivity index (χ1) is 8.31. The summed E-state index contributed by atoms with van der Waals surface area (Å²) in [5.74, 6) is -0.913. The monoisotopic (exact) mass is 340 g/mol. The van der Waals surface area contributed by atoms with E-state index in [-0.39, 0.29) is 16.8 Å². The molecule has 5 nitrogen and oxygen atoms in total. The zero-order valence-corrected chi connectivity index (χ0v) is 12.1. The van der Waals surface area contributed by atoms with Crippen molar-refractivity contribution in [2.75, 3.05) is 12.3 Å². The van der Waals surface area contributed by atoms with E-state index in [1.165, 1.54) is 6.07 Å². The van der Waals surface area contributed by atoms with Gasteiger partial charge in [0, 0.05) is 11.7 Å². The van der Waals surface area contributed by atoms with Crippen LogP contribution in [0.4, 0.5) is 10.1 Å². The summed E-state index contributed by atoms with van der Waals surface area (Å²) in [5, 5.41) is 8.96. The predicted molar refractivity (Wildman–Crippen MR) is 70.0 cm³/mol. The first-order valence-corrected chi connectivity index (χ1v) is 7.47. The molecule has 0 aliphatic carbocycles. The molecule has 1 rings (SSSR count). The van der Waals surface area contributed by atoms with Crippen LogP contribution >= 0.6 is 15.9 Å². The minimum absolute atomic E-state index is 0.0279. The van der Waals surface area contributed by atoms with Gasteiger partial charge in [0.05, 0.1) is 11.1 Å². The van der Waals surface area contributed by atoms with E-state index in [1.54, 1.807) is 6.92 Å². The number of halogens is 2. The van der Waals surface area contributed by atoms with Crippen LogP contribution in [0.1, 0.15) is 13.3 Å². The van der Waals surface area contributed by atoms with E-state index in [9.17, 15) is 12.8 Å². The van der Waals surface area contributed by atoms with Crippen molar-refractivity contribution < 1.29 is 17.9 Å². The molecular weight excluding hydrogens is 327 g/mol. The summed E-state index contributed by atoms with van der Waals surface area (Å²) < 4.78 is 39.8. The Balaban J connectivity index is 3.20. The second-order valence-corrected chi connectivity index (χ2v) is 6.26. The van der Waals surface area contributed by atoms with Gasteiger partial charge in [0.15, 0.2) is 5.82 Å². The van der Waals surface area contributed by atoms with E-state index in [2.05, 4.69) is 20.7 Å². The highest BCUT2D eigenvalue weighted by molar-refractivity contribution is 9.10. The van der Waals surface area contributed by atoms with Crippen molar-refractivity contribution in [3.8, 4) is 0 Å². The molecule has 102 valence electrons. The largest absolute Gasteiger partial charge is 0.399 e. The lowest BCUT2D eigenvalue weighted by atomic mass is 10.3. The second kappa shape index (κ2) is 5.96. The first kappa shape index (κ1) is 15.4. The van der Waals surface area contributed by atoms with Crippen molar-refractivity contribution in [2.24, 2.45) is 0 Å². The molecule has 8 heteroatoms. The molecule has 0 fully saturated rings. The fraction of sp³-hybridized carbons (Fsp3) is 0.400. The first-order valence-electron chi connectivity index (χ1n) is 5.19. The summed E-state index contributed by atoms with van der Waals surface area (Å²) in [4.78, 5) is -0.540. The highest BCUT2D eigenvalue weighted by atomic mass is 79.9. The maximum absolute atomic E-state index is 13.8. The van der Waals surface area contributed by atoms with Gasteiger partial charge in [0.2, 0.25) is 10.0 Å². The van der Waals surface area contributed by atoms with Crippen molar-refractivity contribution in [3.63, 3.8) is 0 Å². The molecule has 1 atom stereocenters. The Hall–Kier alpha value is -0.700. The van der Waals surface area contributed by atoms with Gasteiger partial charge in [-0.15, -0.1) is 0 Å². The predicted octanol–water partition coefficient (Wildman–Crippen LogP) is 1.22. The summed E-state index contributed by atoms with van der Waals surface area (Å²) in [6.45, 7) is 1.34. The zero-order chi connectivity index (χ0) is 13.9. The van der Waals surface area contributed by atoms with Crippen LogP contribution in [-0.4, -0.2) is 26.2 Å². The molecule has 0 saturated heterocycles. The Morgan fingerprint density at radius 3 is 2.67 bits per heavy atom. The molecule has 1 aromatic rings. The molecule has 0 aromatic heterocycles. The van der Waals surface area contributed by atoms with Crippen LogP contribution in [0, 0.1) is 5.82 Å². The lowest BCUT2D eigenvalue weighted by Gasteiger charge is -2.15. The molecule has 18 heavy (non-hydrogen) atoms. The van der Waals surface area contributed by atoms with E-state index < -0.39 is 26.8 Å². The fourth-order valence-corrected chi connectivity index (χ4v) is 3.37. The number of nitrogens with two attached hydrogens (primary N) is 1. The van der Waals surface area contributed by atoms with E-state index >= 15 is 0 Å². The van der Waals surface area contributed by atoms with Crippen molar-refractivity contribution in [3.05, 3.63) is 22.4 Å².